The van der Waals surface area contributed by atoms with Gasteiger partial charge in [0, 0.05) is 25.5 Å². The molecule has 1 unspecified atom stereocenters. The second-order valence-corrected chi connectivity index (χ2v) is 8.78. The molecule has 8 nitrogen and oxygen atoms in total. The van der Waals surface area contributed by atoms with Gasteiger partial charge in [0.05, 0.1) is 7.11 Å². The van der Waals surface area contributed by atoms with Crippen LogP contribution >= 0.6 is 0 Å². The number of halogens is 1. The van der Waals surface area contributed by atoms with Crippen molar-refractivity contribution in [3.05, 3.63) is 47.5 Å². The van der Waals surface area contributed by atoms with Gasteiger partial charge in [0.25, 0.3) is 0 Å². The van der Waals surface area contributed by atoms with Crippen molar-refractivity contribution in [2.75, 3.05) is 19.0 Å². The van der Waals surface area contributed by atoms with E-state index in [4.69, 9.17) is 0 Å². The van der Waals surface area contributed by atoms with E-state index in [-0.39, 0.29) is 22.8 Å². The van der Waals surface area contributed by atoms with Gasteiger partial charge < -0.3 is 14.6 Å². The van der Waals surface area contributed by atoms with Crippen LogP contribution in [0.5, 0.6) is 0 Å². The van der Waals surface area contributed by atoms with Gasteiger partial charge in [-0.2, -0.15) is 4.31 Å². The number of aryl methyl sites for hydroxylation is 2. The van der Waals surface area contributed by atoms with Crippen LogP contribution in [-0.4, -0.2) is 48.9 Å². The van der Waals surface area contributed by atoms with Gasteiger partial charge >= 0.3 is 5.97 Å². The van der Waals surface area contributed by atoms with Gasteiger partial charge in [-0.15, -0.1) is 0 Å². The van der Waals surface area contributed by atoms with Gasteiger partial charge in [-0.25, -0.2) is 17.6 Å². The zero-order chi connectivity index (χ0) is 21.3. The van der Waals surface area contributed by atoms with E-state index in [1.807, 2.05) is 0 Å². The lowest BCUT2D eigenvalue weighted by atomic mass is 10.2. The van der Waals surface area contributed by atoms with E-state index in [1.165, 1.54) is 43.1 Å². The van der Waals surface area contributed by atoms with Crippen LogP contribution in [0.2, 0.25) is 0 Å². The highest BCUT2D eigenvalue weighted by Crippen LogP contribution is 2.28. The summed E-state index contributed by atoms with van der Waals surface area (Å²) in [5, 5.41) is 2.59. The number of methoxy groups -OCH3 is 1. The molecule has 29 heavy (non-hydrogen) atoms. The van der Waals surface area contributed by atoms with Crippen molar-refractivity contribution in [2.45, 2.75) is 30.7 Å². The molecular weight excluding hydrogens is 401 g/mol. The number of ether oxygens (including phenoxy) is 1. The molecule has 156 valence electrons. The number of hydrogen-bond acceptors (Lipinski definition) is 5. The standard InChI is InChI=1S/C19H22FN3O5S/c1-12-6-7-13(9-15(12)20)21-18(24)16-5-4-8-23(16)29(26,27)14-10-17(19(25)28-3)22(2)11-14/h6-7,9-11,16H,4-5,8H2,1-3H3,(H,21,24). The summed E-state index contributed by atoms with van der Waals surface area (Å²) >= 11 is 0. The first-order valence-corrected chi connectivity index (χ1v) is 10.4. The predicted octanol–water partition coefficient (Wildman–Crippen LogP) is 2.05. The third kappa shape index (κ3) is 4.03. The maximum atomic E-state index is 13.7. The predicted molar refractivity (Wildman–Crippen MR) is 103 cm³/mol. The summed E-state index contributed by atoms with van der Waals surface area (Å²) in [6, 6.07) is 4.59. The molecular formula is C19H22FN3O5S. The minimum atomic E-state index is -4.01. The van der Waals surface area contributed by atoms with Crippen LogP contribution in [0.15, 0.2) is 35.4 Å². The molecule has 1 fully saturated rings. The summed E-state index contributed by atoms with van der Waals surface area (Å²) in [6.45, 7) is 1.78. The monoisotopic (exact) mass is 423 g/mol. The number of aromatic nitrogens is 1. The van der Waals surface area contributed by atoms with Crippen LogP contribution in [0.4, 0.5) is 10.1 Å². The Labute approximate surface area is 168 Å². The van der Waals surface area contributed by atoms with Crippen molar-refractivity contribution in [1.82, 2.24) is 8.87 Å². The van der Waals surface area contributed by atoms with Crippen molar-refractivity contribution < 1.29 is 27.1 Å². The number of nitrogens with one attached hydrogen (secondary N) is 1. The van der Waals surface area contributed by atoms with E-state index in [2.05, 4.69) is 10.1 Å². The van der Waals surface area contributed by atoms with Gasteiger partial charge in [0.1, 0.15) is 22.4 Å². The summed E-state index contributed by atoms with van der Waals surface area (Å²) in [7, 11) is -1.27. The topological polar surface area (TPSA) is 97.7 Å². The van der Waals surface area contributed by atoms with Crippen molar-refractivity contribution >= 4 is 27.6 Å². The van der Waals surface area contributed by atoms with E-state index < -0.39 is 33.8 Å². The van der Waals surface area contributed by atoms with Crippen LogP contribution < -0.4 is 5.32 Å². The SMILES string of the molecule is COC(=O)c1cc(S(=O)(=O)N2CCCC2C(=O)Nc2ccc(C)c(F)c2)cn1C. The zero-order valence-electron chi connectivity index (χ0n) is 16.3. The Morgan fingerprint density at radius 1 is 1.28 bits per heavy atom. The molecule has 10 heteroatoms. The van der Waals surface area contributed by atoms with Gasteiger partial charge in [0.2, 0.25) is 15.9 Å². The summed E-state index contributed by atoms with van der Waals surface area (Å²) in [6.07, 6.45) is 2.16. The lowest BCUT2D eigenvalue weighted by molar-refractivity contribution is -0.119. The fourth-order valence-electron chi connectivity index (χ4n) is 3.30. The van der Waals surface area contributed by atoms with Crippen molar-refractivity contribution in [3.8, 4) is 0 Å². The molecule has 1 aliphatic rings. The molecule has 1 aliphatic heterocycles. The molecule has 0 spiro atoms. The number of anilines is 1. The minimum absolute atomic E-state index is 0.0846. The van der Waals surface area contributed by atoms with Crippen LogP contribution in [0.1, 0.15) is 28.9 Å². The maximum absolute atomic E-state index is 13.7. The average Bonchev–Trinajstić information content (AvgIpc) is 3.32. The first kappa shape index (κ1) is 21.0. The van der Waals surface area contributed by atoms with Crippen molar-refractivity contribution in [3.63, 3.8) is 0 Å². The van der Waals surface area contributed by atoms with E-state index in [0.717, 1.165) is 4.31 Å². The number of benzene rings is 1. The van der Waals surface area contributed by atoms with Gasteiger partial charge in [-0.05, 0) is 43.5 Å². The Morgan fingerprint density at radius 3 is 2.66 bits per heavy atom. The molecule has 1 saturated heterocycles. The summed E-state index contributed by atoms with van der Waals surface area (Å²) in [5.74, 6) is -1.65. The Hall–Kier alpha value is -2.72. The first-order valence-electron chi connectivity index (χ1n) is 8.98. The third-order valence-electron chi connectivity index (χ3n) is 4.93. The van der Waals surface area contributed by atoms with E-state index in [1.54, 1.807) is 13.0 Å². The molecule has 1 N–H and O–H groups in total. The Balaban J connectivity index is 1.84. The molecule has 0 bridgehead atoms. The minimum Gasteiger partial charge on any atom is -0.464 e. The van der Waals surface area contributed by atoms with Crippen molar-refractivity contribution in [1.29, 1.82) is 0 Å². The molecule has 1 atom stereocenters. The number of rotatable bonds is 5. The molecule has 1 aromatic heterocycles. The first-order chi connectivity index (χ1) is 13.6. The van der Waals surface area contributed by atoms with Crippen LogP contribution in [-0.2, 0) is 26.6 Å². The number of amides is 1. The quantitative estimate of drug-likeness (QED) is 0.743. The smallest absolute Gasteiger partial charge is 0.354 e. The highest BCUT2D eigenvalue weighted by Gasteiger charge is 2.40. The molecule has 2 heterocycles. The number of nitrogens with zero attached hydrogens (tertiary/aromatic N) is 2. The molecule has 1 aromatic carbocycles. The lowest BCUT2D eigenvalue weighted by Crippen LogP contribution is -2.43. The summed E-state index contributed by atoms with van der Waals surface area (Å²) in [5.41, 5.74) is 0.787. The fraction of sp³-hybridized carbons (Fsp3) is 0.368. The summed E-state index contributed by atoms with van der Waals surface area (Å²) in [4.78, 5) is 24.4. The second kappa shape index (κ2) is 7.96. The largest absolute Gasteiger partial charge is 0.464 e. The Bertz CT molecular complexity index is 1060. The molecule has 2 aromatic rings. The molecule has 0 radical (unpaired) electrons. The maximum Gasteiger partial charge on any atom is 0.354 e. The highest BCUT2D eigenvalue weighted by atomic mass is 32.2. The Kier molecular flexibility index (Phi) is 5.76. The summed E-state index contributed by atoms with van der Waals surface area (Å²) < 4.78 is 47.0. The van der Waals surface area contributed by atoms with Gasteiger partial charge in [-0.1, -0.05) is 6.07 Å². The second-order valence-electron chi connectivity index (χ2n) is 6.89. The lowest BCUT2D eigenvalue weighted by Gasteiger charge is -2.23. The van der Waals surface area contributed by atoms with E-state index >= 15 is 0 Å². The third-order valence-corrected chi connectivity index (χ3v) is 6.80. The normalized spacial score (nSPS) is 17.3. The highest BCUT2D eigenvalue weighted by molar-refractivity contribution is 7.89. The number of hydrogen-bond donors (Lipinski definition) is 1. The molecule has 0 aliphatic carbocycles. The zero-order valence-corrected chi connectivity index (χ0v) is 17.1. The number of carbonyl (C=O) groups excluding carboxylic acids is 2. The van der Waals surface area contributed by atoms with Crippen LogP contribution in [0, 0.1) is 12.7 Å². The number of sulfonamides is 1. The van der Waals surface area contributed by atoms with E-state index in [9.17, 15) is 22.4 Å². The van der Waals surface area contributed by atoms with Gasteiger partial charge in [-0.3, -0.25) is 4.79 Å². The van der Waals surface area contributed by atoms with E-state index in [0.29, 0.717) is 18.4 Å². The molecule has 1 amide bonds. The molecule has 0 saturated carbocycles. The molecule has 3 rings (SSSR count). The van der Waals surface area contributed by atoms with Crippen LogP contribution in [0.3, 0.4) is 0 Å². The van der Waals surface area contributed by atoms with Crippen molar-refractivity contribution in [2.24, 2.45) is 7.05 Å². The number of esters is 1. The Morgan fingerprint density at radius 2 is 2.00 bits per heavy atom. The fourth-order valence-corrected chi connectivity index (χ4v) is 5.03. The number of carbonyl (C=O) groups is 2. The average molecular weight is 423 g/mol. The van der Waals surface area contributed by atoms with Gasteiger partial charge in [0.15, 0.2) is 0 Å². The van der Waals surface area contributed by atoms with Crippen LogP contribution in [0.25, 0.3) is 0 Å².